The van der Waals surface area contributed by atoms with Gasteiger partial charge in [-0.05, 0) is 31.9 Å². The number of halogens is 1. The van der Waals surface area contributed by atoms with Gasteiger partial charge < -0.3 is 19.5 Å². The topological polar surface area (TPSA) is 73.9 Å². The standard InChI is InChI=1S/C17H24ClNO5/c1-6-23-15-13(18)7-12(8-14(15)22-5)17(21)24-11(4)16(20)19-9-10(2)3/h7-8,10-11H,6,9H2,1-5H3,(H,19,20)/t11-/m0/s1. The normalized spacial score (nSPS) is 11.8. The molecule has 0 aromatic heterocycles. The van der Waals surface area contributed by atoms with Gasteiger partial charge in [-0.15, -0.1) is 0 Å². The summed E-state index contributed by atoms with van der Waals surface area (Å²) in [6.07, 6.45) is -0.910. The van der Waals surface area contributed by atoms with Crippen LogP contribution < -0.4 is 14.8 Å². The van der Waals surface area contributed by atoms with Gasteiger partial charge in [0.05, 0.1) is 24.3 Å². The number of rotatable bonds is 8. The molecule has 0 unspecified atom stereocenters. The van der Waals surface area contributed by atoms with E-state index >= 15 is 0 Å². The highest BCUT2D eigenvalue weighted by atomic mass is 35.5. The van der Waals surface area contributed by atoms with Gasteiger partial charge in [0.2, 0.25) is 0 Å². The lowest BCUT2D eigenvalue weighted by atomic mass is 10.2. The lowest BCUT2D eigenvalue weighted by Crippen LogP contribution is -2.37. The van der Waals surface area contributed by atoms with E-state index in [1.165, 1.54) is 26.2 Å². The fraction of sp³-hybridized carbons (Fsp3) is 0.529. The van der Waals surface area contributed by atoms with E-state index < -0.39 is 12.1 Å². The number of benzene rings is 1. The van der Waals surface area contributed by atoms with Gasteiger partial charge in [-0.2, -0.15) is 0 Å². The molecule has 0 bridgehead atoms. The summed E-state index contributed by atoms with van der Waals surface area (Å²) in [5.74, 6) is -0.00771. The minimum atomic E-state index is -0.910. The first kappa shape index (κ1) is 20.1. The van der Waals surface area contributed by atoms with Crippen molar-refractivity contribution >= 4 is 23.5 Å². The van der Waals surface area contributed by atoms with Crippen molar-refractivity contribution in [3.8, 4) is 11.5 Å². The van der Waals surface area contributed by atoms with Crippen LogP contribution >= 0.6 is 11.6 Å². The summed E-state index contributed by atoms with van der Waals surface area (Å²) in [6.45, 7) is 8.21. The van der Waals surface area contributed by atoms with Crippen molar-refractivity contribution < 1.29 is 23.8 Å². The van der Waals surface area contributed by atoms with Crippen molar-refractivity contribution in [2.75, 3.05) is 20.3 Å². The number of amides is 1. The monoisotopic (exact) mass is 357 g/mol. The maximum Gasteiger partial charge on any atom is 0.339 e. The van der Waals surface area contributed by atoms with E-state index in [9.17, 15) is 9.59 Å². The minimum absolute atomic E-state index is 0.184. The highest BCUT2D eigenvalue weighted by Crippen LogP contribution is 2.36. The number of esters is 1. The quantitative estimate of drug-likeness (QED) is 0.724. The second-order valence-corrected chi connectivity index (χ2v) is 6.02. The van der Waals surface area contributed by atoms with Crippen LogP contribution in [0.2, 0.25) is 5.02 Å². The minimum Gasteiger partial charge on any atom is -0.493 e. The molecular formula is C17H24ClNO5. The Labute approximate surface area is 147 Å². The summed E-state index contributed by atoms with van der Waals surface area (Å²) < 4.78 is 15.8. The molecule has 6 nitrogen and oxygen atoms in total. The number of hydrogen-bond acceptors (Lipinski definition) is 5. The molecule has 24 heavy (non-hydrogen) atoms. The number of methoxy groups -OCH3 is 1. The second kappa shape index (κ2) is 9.37. The summed E-state index contributed by atoms with van der Waals surface area (Å²) in [7, 11) is 1.45. The van der Waals surface area contributed by atoms with Gasteiger partial charge in [-0.25, -0.2) is 4.79 Å². The van der Waals surface area contributed by atoms with Crippen LogP contribution in [0.1, 0.15) is 38.1 Å². The highest BCUT2D eigenvalue weighted by Gasteiger charge is 2.21. The molecule has 1 aromatic rings. The van der Waals surface area contributed by atoms with Crippen molar-refractivity contribution in [2.24, 2.45) is 5.92 Å². The first-order valence-corrected chi connectivity index (χ1v) is 8.16. The van der Waals surface area contributed by atoms with Gasteiger partial charge in [-0.3, -0.25) is 4.79 Å². The van der Waals surface area contributed by atoms with Crippen LogP contribution in [0.15, 0.2) is 12.1 Å². The summed E-state index contributed by atoms with van der Waals surface area (Å²) in [4.78, 5) is 24.1. The Kier molecular flexibility index (Phi) is 7.85. The molecule has 1 N–H and O–H groups in total. The Bertz CT molecular complexity index is 589. The zero-order valence-corrected chi connectivity index (χ0v) is 15.4. The molecule has 0 fully saturated rings. The molecule has 0 aliphatic rings. The van der Waals surface area contributed by atoms with Crippen molar-refractivity contribution in [1.82, 2.24) is 5.32 Å². The predicted molar refractivity (Wildman–Crippen MR) is 91.9 cm³/mol. The predicted octanol–water partition coefficient (Wildman–Crippen LogP) is 3.06. The molecule has 0 saturated carbocycles. The molecule has 0 saturated heterocycles. The first-order valence-electron chi connectivity index (χ1n) is 7.79. The number of carbonyl (C=O) groups excluding carboxylic acids is 2. The van der Waals surface area contributed by atoms with E-state index in [1.807, 2.05) is 20.8 Å². The fourth-order valence-corrected chi connectivity index (χ4v) is 2.12. The molecule has 1 aromatic carbocycles. The first-order chi connectivity index (χ1) is 11.3. The van der Waals surface area contributed by atoms with Crippen LogP contribution in [-0.2, 0) is 9.53 Å². The molecule has 1 amide bonds. The van der Waals surface area contributed by atoms with Crippen molar-refractivity contribution in [3.05, 3.63) is 22.7 Å². The Hall–Kier alpha value is -1.95. The lowest BCUT2D eigenvalue weighted by molar-refractivity contribution is -0.129. The van der Waals surface area contributed by atoms with Gasteiger partial charge in [0, 0.05) is 6.54 Å². The van der Waals surface area contributed by atoms with Crippen LogP contribution in [-0.4, -0.2) is 38.2 Å². The van der Waals surface area contributed by atoms with Gasteiger partial charge >= 0.3 is 5.97 Å². The smallest absolute Gasteiger partial charge is 0.339 e. The van der Waals surface area contributed by atoms with Gasteiger partial charge in [-0.1, -0.05) is 25.4 Å². The van der Waals surface area contributed by atoms with Crippen molar-refractivity contribution in [2.45, 2.75) is 33.8 Å². The number of carbonyl (C=O) groups is 2. The van der Waals surface area contributed by atoms with Crippen LogP contribution in [0.5, 0.6) is 11.5 Å². The molecular weight excluding hydrogens is 334 g/mol. The molecule has 1 atom stereocenters. The van der Waals surface area contributed by atoms with E-state index in [2.05, 4.69) is 5.32 Å². The molecule has 1 rings (SSSR count). The van der Waals surface area contributed by atoms with Crippen LogP contribution in [0, 0.1) is 5.92 Å². The third-order valence-corrected chi connectivity index (χ3v) is 3.37. The third-order valence-electron chi connectivity index (χ3n) is 3.09. The maximum atomic E-state index is 12.2. The number of ether oxygens (including phenoxy) is 3. The highest BCUT2D eigenvalue weighted by molar-refractivity contribution is 6.32. The molecule has 0 heterocycles. The fourth-order valence-electron chi connectivity index (χ4n) is 1.85. The average molecular weight is 358 g/mol. The molecule has 0 spiro atoms. The molecule has 134 valence electrons. The summed E-state index contributed by atoms with van der Waals surface area (Å²) in [5, 5.41) is 2.95. The lowest BCUT2D eigenvalue weighted by Gasteiger charge is -2.16. The zero-order valence-electron chi connectivity index (χ0n) is 14.6. The third kappa shape index (κ3) is 5.60. The number of nitrogens with one attached hydrogen (secondary N) is 1. The Morgan fingerprint density at radius 2 is 1.92 bits per heavy atom. The van der Waals surface area contributed by atoms with Gasteiger partial charge in [0.25, 0.3) is 5.91 Å². The Balaban J connectivity index is 2.84. The van der Waals surface area contributed by atoms with E-state index in [0.717, 1.165) is 0 Å². The van der Waals surface area contributed by atoms with Crippen LogP contribution in [0.3, 0.4) is 0 Å². The molecule has 0 radical (unpaired) electrons. The summed E-state index contributed by atoms with van der Waals surface area (Å²) in [5.41, 5.74) is 0.184. The average Bonchev–Trinajstić information content (AvgIpc) is 2.53. The van der Waals surface area contributed by atoms with Gasteiger partial charge in [0.1, 0.15) is 0 Å². The zero-order chi connectivity index (χ0) is 18.3. The largest absolute Gasteiger partial charge is 0.493 e. The van der Waals surface area contributed by atoms with Gasteiger partial charge in [0.15, 0.2) is 17.6 Å². The summed E-state index contributed by atoms with van der Waals surface area (Å²) in [6, 6.07) is 2.90. The Morgan fingerprint density at radius 1 is 1.25 bits per heavy atom. The van der Waals surface area contributed by atoms with Crippen molar-refractivity contribution in [1.29, 1.82) is 0 Å². The Morgan fingerprint density at radius 3 is 2.46 bits per heavy atom. The maximum absolute atomic E-state index is 12.2. The summed E-state index contributed by atoms with van der Waals surface area (Å²) >= 11 is 6.13. The van der Waals surface area contributed by atoms with E-state index in [1.54, 1.807) is 0 Å². The van der Waals surface area contributed by atoms with E-state index in [-0.39, 0.29) is 16.5 Å². The number of hydrogen-bond donors (Lipinski definition) is 1. The van der Waals surface area contributed by atoms with Crippen LogP contribution in [0.4, 0.5) is 0 Å². The van der Waals surface area contributed by atoms with Crippen molar-refractivity contribution in [3.63, 3.8) is 0 Å². The molecule has 7 heteroatoms. The molecule has 0 aliphatic heterocycles. The van der Waals surface area contributed by atoms with E-state index in [4.69, 9.17) is 25.8 Å². The van der Waals surface area contributed by atoms with E-state index in [0.29, 0.717) is 30.6 Å². The molecule has 0 aliphatic carbocycles. The second-order valence-electron chi connectivity index (χ2n) is 5.61. The van der Waals surface area contributed by atoms with Crippen LogP contribution in [0.25, 0.3) is 0 Å². The SMILES string of the molecule is CCOc1c(Cl)cc(C(=O)O[C@@H](C)C(=O)NCC(C)C)cc1OC.